The van der Waals surface area contributed by atoms with Crippen LogP contribution in [0.5, 0.6) is 5.75 Å². The summed E-state index contributed by atoms with van der Waals surface area (Å²) in [5, 5.41) is 13.6. The van der Waals surface area contributed by atoms with Crippen LogP contribution in [0.3, 0.4) is 0 Å². The van der Waals surface area contributed by atoms with Crippen molar-refractivity contribution in [1.82, 2.24) is 5.32 Å². The summed E-state index contributed by atoms with van der Waals surface area (Å²) in [6, 6.07) is 6.65. The van der Waals surface area contributed by atoms with E-state index in [1.54, 1.807) is 0 Å². The van der Waals surface area contributed by atoms with Crippen LogP contribution in [0.2, 0.25) is 0 Å². The lowest BCUT2D eigenvalue weighted by molar-refractivity contribution is 0.101. The van der Waals surface area contributed by atoms with Gasteiger partial charge in [-0.1, -0.05) is 31.5 Å². The summed E-state index contributed by atoms with van der Waals surface area (Å²) >= 11 is 0. The van der Waals surface area contributed by atoms with E-state index >= 15 is 0 Å². The molecule has 1 saturated carbocycles. The molecule has 1 fully saturated rings. The van der Waals surface area contributed by atoms with Gasteiger partial charge in [-0.25, -0.2) is 0 Å². The van der Waals surface area contributed by atoms with Gasteiger partial charge in [0.25, 0.3) is 0 Å². The van der Waals surface area contributed by atoms with Crippen LogP contribution in [0.15, 0.2) is 18.2 Å². The molecule has 1 aliphatic rings. The van der Waals surface area contributed by atoms with Crippen molar-refractivity contribution < 1.29 is 9.84 Å². The average molecular weight is 291 g/mol. The van der Waals surface area contributed by atoms with Gasteiger partial charge in [0.05, 0.1) is 0 Å². The minimum atomic E-state index is -0.464. The van der Waals surface area contributed by atoms with E-state index in [0.29, 0.717) is 25.1 Å². The van der Waals surface area contributed by atoms with Gasteiger partial charge in [0.1, 0.15) is 18.5 Å². The molecule has 0 bridgehead atoms. The van der Waals surface area contributed by atoms with Crippen molar-refractivity contribution in [1.29, 1.82) is 0 Å². The van der Waals surface area contributed by atoms with Crippen molar-refractivity contribution in [3.8, 4) is 5.75 Å². The van der Waals surface area contributed by atoms with Crippen molar-refractivity contribution in [2.24, 2.45) is 11.8 Å². The highest BCUT2D eigenvalue weighted by molar-refractivity contribution is 5.35. The van der Waals surface area contributed by atoms with Crippen LogP contribution in [0, 0.1) is 25.7 Å². The first kappa shape index (κ1) is 16.3. The second kappa shape index (κ2) is 7.28. The van der Waals surface area contributed by atoms with E-state index in [-0.39, 0.29) is 0 Å². The molecule has 0 aromatic heterocycles. The molecule has 3 heteroatoms. The van der Waals surface area contributed by atoms with E-state index < -0.39 is 6.10 Å². The first-order valence-corrected chi connectivity index (χ1v) is 8.09. The third-order valence-electron chi connectivity index (χ3n) is 4.84. The molecular weight excluding hydrogens is 262 g/mol. The summed E-state index contributed by atoms with van der Waals surface area (Å²) in [6.45, 7) is 9.66. The van der Waals surface area contributed by atoms with Gasteiger partial charge in [-0.15, -0.1) is 0 Å². The zero-order valence-corrected chi connectivity index (χ0v) is 13.7. The van der Waals surface area contributed by atoms with Crippen LogP contribution in [0.25, 0.3) is 0 Å². The Balaban J connectivity index is 1.73. The van der Waals surface area contributed by atoms with E-state index in [2.05, 4.69) is 32.2 Å². The Morgan fingerprint density at radius 1 is 1.29 bits per heavy atom. The molecular formula is C18H29NO2. The maximum atomic E-state index is 10.1. The monoisotopic (exact) mass is 291 g/mol. The van der Waals surface area contributed by atoms with Crippen molar-refractivity contribution >= 4 is 0 Å². The predicted molar refractivity (Wildman–Crippen MR) is 86.8 cm³/mol. The fraction of sp³-hybridized carbons (Fsp3) is 0.667. The minimum absolute atomic E-state index is 0.341. The van der Waals surface area contributed by atoms with Crippen molar-refractivity contribution in [2.75, 3.05) is 13.2 Å². The quantitative estimate of drug-likeness (QED) is 0.846. The molecule has 118 valence electrons. The molecule has 0 aliphatic heterocycles. The highest BCUT2D eigenvalue weighted by atomic mass is 16.5. The summed E-state index contributed by atoms with van der Waals surface area (Å²) in [5.74, 6) is 2.34. The van der Waals surface area contributed by atoms with Gasteiger partial charge >= 0.3 is 0 Å². The topological polar surface area (TPSA) is 41.5 Å². The lowest BCUT2D eigenvalue weighted by Crippen LogP contribution is -2.39. The number of hydrogen-bond acceptors (Lipinski definition) is 3. The maximum absolute atomic E-state index is 10.1. The summed E-state index contributed by atoms with van der Waals surface area (Å²) in [6.07, 6.45) is 2.04. The molecule has 1 aromatic rings. The summed E-state index contributed by atoms with van der Waals surface area (Å²) in [4.78, 5) is 0. The van der Waals surface area contributed by atoms with Crippen LogP contribution in [0.1, 0.15) is 37.8 Å². The number of hydrogen-bond donors (Lipinski definition) is 2. The number of ether oxygens (including phenoxy) is 1. The molecule has 3 nitrogen and oxygen atoms in total. The normalized spacial score (nSPS) is 26.8. The van der Waals surface area contributed by atoms with Gasteiger partial charge in [0, 0.05) is 12.6 Å². The second-order valence-corrected chi connectivity index (χ2v) is 6.66. The number of aliphatic hydroxyl groups is 1. The molecule has 21 heavy (non-hydrogen) atoms. The van der Waals surface area contributed by atoms with Crippen LogP contribution < -0.4 is 10.1 Å². The molecule has 0 radical (unpaired) electrons. The van der Waals surface area contributed by atoms with E-state index in [1.165, 1.54) is 18.4 Å². The lowest BCUT2D eigenvalue weighted by Gasteiger charge is -2.22. The van der Waals surface area contributed by atoms with Crippen LogP contribution in [-0.4, -0.2) is 30.4 Å². The van der Waals surface area contributed by atoms with E-state index in [9.17, 15) is 5.11 Å². The largest absolute Gasteiger partial charge is 0.491 e. The van der Waals surface area contributed by atoms with Gasteiger partial charge in [-0.3, -0.25) is 0 Å². The Kier molecular flexibility index (Phi) is 5.65. The lowest BCUT2D eigenvalue weighted by atomic mass is 9.98. The molecule has 2 rings (SSSR count). The van der Waals surface area contributed by atoms with Crippen molar-refractivity contribution in [3.05, 3.63) is 29.3 Å². The molecule has 0 amide bonds. The Morgan fingerprint density at radius 2 is 2.05 bits per heavy atom. The number of nitrogens with one attached hydrogen (secondary N) is 1. The Morgan fingerprint density at radius 3 is 2.67 bits per heavy atom. The molecule has 0 spiro atoms. The SMILES string of the molecule is Cc1ccc(OCC(O)CNC2CCC(C)C2C)c(C)c1. The van der Waals surface area contributed by atoms with E-state index in [0.717, 1.165) is 17.2 Å². The Hall–Kier alpha value is -1.06. The summed E-state index contributed by atoms with van der Waals surface area (Å²) in [7, 11) is 0. The zero-order valence-electron chi connectivity index (χ0n) is 13.7. The fourth-order valence-corrected chi connectivity index (χ4v) is 3.15. The number of aryl methyl sites for hydroxylation is 2. The van der Waals surface area contributed by atoms with E-state index in [4.69, 9.17) is 4.74 Å². The highest BCUT2D eigenvalue weighted by Gasteiger charge is 2.29. The average Bonchev–Trinajstić information content (AvgIpc) is 2.75. The second-order valence-electron chi connectivity index (χ2n) is 6.66. The van der Waals surface area contributed by atoms with Gasteiger partial charge in [-0.2, -0.15) is 0 Å². The number of benzene rings is 1. The molecule has 1 aliphatic carbocycles. The number of rotatable bonds is 6. The molecule has 4 atom stereocenters. The van der Waals surface area contributed by atoms with Gasteiger partial charge in [0.15, 0.2) is 0 Å². The van der Waals surface area contributed by atoms with Gasteiger partial charge in [0.2, 0.25) is 0 Å². The van der Waals surface area contributed by atoms with Crippen molar-refractivity contribution in [3.63, 3.8) is 0 Å². The summed E-state index contributed by atoms with van der Waals surface area (Å²) in [5.41, 5.74) is 2.35. The zero-order chi connectivity index (χ0) is 15.4. The first-order valence-electron chi connectivity index (χ1n) is 8.09. The van der Waals surface area contributed by atoms with E-state index in [1.807, 2.05) is 19.1 Å². The van der Waals surface area contributed by atoms with Gasteiger partial charge in [-0.05, 0) is 50.2 Å². The highest BCUT2D eigenvalue weighted by Crippen LogP contribution is 2.30. The molecule has 2 N–H and O–H groups in total. The Labute approximate surface area is 128 Å². The fourth-order valence-electron chi connectivity index (χ4n) is 3.15. The van der Waals surface area contributed by atoms with Crippen LogP contribution >= 0.6 is 0 Å². The minimum Gasteiger partial charge on any atom is -0.491 e. The standard InChI is InChI=1S/C18H29NO2/c1-12-5-8-18(14(3)9-12)21-11-16(20)10-19-17-7-6-13(2)15(17)4/h5,8-9,13,15-17,19-20H,6-7,10-11H2,1-4H3. The van der Waals surface area contributed by atoms with Crippen molar-refractivity contribution in [2.45, 2.75) is 52.7 Å². The third-order valence-corrected chi connectivity index (χ3v) is 4.84. The van der Waals surface area contributed by atoms with Crippen LogP contribution in [-0.2, 0) is 0 Å². The van der Waals surface area contributed by atoms with Crippen LogP contribution in [0.4, 0.5) is 0 Å². The maximum Gasteiger partial charge on any atom is 0.122 e. The smallest absolute Gasteiger partial charge is 0.122 e. The molecule has 1 aromatic carbocycles. The number of aliphatic hydroxyl groups excluding tert-OH is 1. The first-order chi connectivity index (χ1) is 9.97. The molecule has 4 unspecified atom stereocenters. The summed E-state index contributed by atoms with van der Waals surface area (Å²) < 4.78 is 5.73. The van der Waals surface area contributed by atoms with Gasteiger partial charge < -0.3 is 15.2 Å². The molecule has 0 saturated heterocycles. The predicted octanol–water partition coefficient (Wildman–Crippen LogP) is 3.07. The Bertz CT molecular complexity index is 461. The molecule has 0 heterocycles. The third kappa shape index (κ3) is 4.45.